The Morgan fingerprint density at radius 3 is 3.00 bits per heavy atom. The van der Waals surface area contributed by atoms with Crippen molar-refractivity contribution < 1.29 is 19.1 Å². The van der Waals surface area contributed by atoms with Crippen LogP contribution < -0.4 is 5.32 Å². The highest BCUT2D eigenvalue weighted by molar-refractivity contribution is 5.89. The molecular formula is C25H25N5O4. The first-order valence-corrected chi connectivity index (χ1v) is 11.0. The molecule has 2 aromatic rings. The molecule has 0 saturated carbocycles. The molecule has 2 N–H and O–H groups in total. The van der Waals surface area contributed by atoms with Crippen molar-refractivity contribution in [2.45, 2.75) is 25.6 Å². The van der Waals surface area contributed by atoms with E-state index in [1.54, 1.807) is 17.0 Å². The summed E-state index contributed by atoms with van der Waals surface area (Å²) < 4.78 is 12.0. The van der Waals surface area contributed by atoms with E-state index in [1.807, 2.05) is 31.2 Å². The molecule has 0 radical (unpaired) electrons. The Balaban J connectivity index is 1.40. The summed E-state index contributed by atoms with van der Waals surface area (Å²) in [6.07, 6.45) is 9.51. The lowest BCUT2D eigenvalue weighted by Crippen LogP contribution is -2.57. The van der Waals surface area contributed by atoms with E-state index in [0.717, 1.165) is 30.8 Å². The number of nitrogens with zero attached hydrogens (tertiary/aromatic N) is 4. The number of phenols is 1. The Morgan fingerprint density at radius 2 is 2.21 bits per heavy atom. The minimum absolute atomic E-state index is 0.00330. The average Bonchev–Trinajstić information content (AvgIpc) is 3.43. The van der Waals surface area contributed by atoms with Gasteiger partial charge in [0.15, 0.2) is 5.58 Å². The van der Waals surface area contributed by atoms with Crippen LogP contribution in [-0.2, 0) is 4.74 Å². The number of hydrogen-bond donors (Lipinski definition) is 2. The van der Waals surface area contributed by atoms with Crippen molar-refractivity contribution in [2.75, 3.05) is 18.4 Å². The molecule has 0 spiro atoms. The number of anilines is 1. The van der Waals surface area contributed by atoms with E-state index in [0.29, 0.717) is 22.6 Å². The van der Waals surface area contributed by atoms with Crippen LogP contribution in [0, 0.1) is 0 Å². The van der Waals surface area contributed by atoms with E-state index in [1.165, 1.54) is 12.1 Å². The maximum absolute atomic E-state index is 13.4. The summed E-state index contributed by atoms with van der Waals surface area (Å²) in [5.41, 5.74) is 3.41. The van der Waals surface area contributed by atoms with Crippen LogP contribution in [-0.4, -0.2) is 58.0 Å². The fraction of sp³-hybridized carbons (Fsp3) is 0.240. The van der Waals surface area contributed by atoms with Crippen molar-refractivity contribution in [3.05, 3.63) is 77.9 Å². The van der Waals surface area contributed by atoms with Crippen molar-refractivity contribution >= 4 is 29.9 Å². The molecule has 1 aromatic heterocycles. The summed E-state index contributed by atoms with van der Waals surface area (Å²) >= 11 is 0. The number of aliphatic imine (C=N–C) groups is 1. The fourth-order valence-corrected chi connectivity index (χ4v) is 4.42. The lowest BCUT2D eigenvalue weighted by atomic mass is 10.1. The Labute approximate surface area is 196 Å². The molecule has 2 bridgehead atoms. The van der Waals surface area contributed by atoms with Gasteiger partial charge >= 0.3 is 12.0 Å². The summed E-state index contributed by atoms with van der Waals surface area (Å²) in [5.74, 6) is 0.728. The topological polar surface area (TPSA) is 103 Å². The lowest BCUT2D eigenvalue weighted by Gasteiger charge is -2.44. The Hall–Kier alpha value is -4.27. The van der Waals surface area contributed by atoms with Gasteiger partial charge in [0.05, 0.1) is 17.4 Å². The summed E-state index contributed by atoms with van der Waals surface area (Å²) in [5, 5.41) is 12.4. The number of ether oxygens (including phenoxy) is 1. The quantitative estimate of drug-likeness (QED) is 0.511. The zero-order valence-corrected chi connectivity index (χ0v) is 18.8. The van der Waals surface area contributed by atoms with Crippen LogP contribution in [0.5, 0.6) is 5.75 Å². The normalized spacial score (nSPS) is 22.0. The first kappa shape index (κ1) is 21.6. The van der Waals surface area contributed by atoms with Crippen molar-refractivity contribution in [2.24, 2.45) is 4.99 Å². The van der Waals surface area contributed by atoms with Crippen LogP contribution in [0.4, 0.5) is 10.8 Å². The van der Waals surface area contributed by atoms with Crippen LogP contribution in [0.25, 0.3) is 11.1 Å². The van der Waals surface area contributed by atoms with Gasteiger partial charge in [-0.3, -0.25) is 15.2 Å². The van der Waals surface area contributed by atoms with E-state index < -0.39 is 6.23 Å². The van der Waals surface area contributed by atoms with Gasteiger partial charge in [-0.1, -0.05) is 12.7 Å². The first-order chi connectivity index (χ1) is 16.5. The van der Waals surface area contributed by atoms with E-state index in [-0.39, 0.29) is 23.8 Å². The summed E-state index contributed by atoms with van der Waals surface area (Å²) in [4.78, 5) is 25.6. The number of nitrogens with one attached hydrogen (secondary N) is 1. The second-order valence-electron chi connectivity index (χ2n) is 8.29. The van der Waals surface area contributed by atoms with E-state index in [4.69, 9.17) is 9.15 Å². The molecule has 2 amide bonds. The molecule has 34 heavy (non-hydrogen) atoms. The molecule has 2 saturated heterocycles. The highest BCUT2D eigenvalue weighted by Crippen LogP contribution is 2.37. The van der Waals surface area contributed by atoms with Gasteiger partial charge in [-0.05, 0) is 62.1 Å². The van der Waals surface area contributed by atoms with Crippen molar-refractivity contribution in [3.8, 4) is 5.75 Å². The van der Waals surface area contributed by atoms with Crippen LogP contribution in [0.3, 0.4) is 0 Å². The number of carbonyl (C=O) groups is 1. The molecular weight excluding hydrogens is 434 g/mol. The Bertz CT molecular complexity index is 1290. The molecule has 2 fully saturated rings. The van der Waals surface area contributed by atoms with Gasteiger partial charge in [-0.15, -0.1) is 0 Å². The number of phenolic OH excluding ortho intramolecular Hbond substituents is 1. The highest BCUT2D eigenvalue weighted by atomic mass is 16.5. The SMILES string of the molecule is C=C/C(=C/C=C(\C)C1=CC=C2C(O1)N(C(=O)Nc1nc3ccc(O)cc3o1)[C@H]1CCN2C1)N=C. The summed E-state index contributed by atoms with van der Waals surface area (Å²) in [7, 11) is 0. The zero-order valence-electron chi connectivity index (χ0n) is 18.8. The Morgan fingerprint density at radius 1 is 1.35 bits per heavy atom. The van der Waals surface area contributed by atoms with Gasteiger partial charge in [0.25, 0.3) is 0 Å². The number of allylic oxidation sites excluding steroid dienone is 6. The molecule has 9 heteroatoms. The molecule has 174 valence electrons. The third-order valence-electron chi connectivity index (χ3n) is 6.18. The highest BCUT2D eigenvalue weighted by Gasteiger charge is 2.47. The number of amides is 2. The van der Waals surface area contributed by atoms with Gasteiger partial charge in [0.1, 0.15) is 17.0 Å². The number of fused-ring (bicyclic) bond motifs is 5. The monoisotopic (exact) mass is 459 g/mol. The second kappa shape index (κ2) is 8.58. The van der Waals surface area contributed by atoms with Crippen molar-refractivity contribution in [1.82, 2.24) is 14.8 Å². The van der Waals surface area contributed by atoms with Crippen molar-refractivity contribution in [3.63, 3.8) is 0 Å². The van der Waals surface area contributed by atoms with Crippen LogP contribution in [0.2, 0.25) is 0 Å². The van der Waals surface area contributed by atoms with Crippen LogP contribution in [0.15, 0.2) is 87.3 Å². The minimum Gasteiger partial charge on any atom is -0.508 e. The standard InChI is InChI=1S/C25H25N5O4/c1-4-16(26-3)6-5-15(2)21-10-9-20-23(33-21)30(17-11-12-29(20)14-17)25(32)28-24-27-19-8-7-18(31)13-22(19)34-24/h4-10,13,17,23,31H,1,3,11-12,14H2,2H3,(H,27,28,32)/b15-5+,16-6-/t17-,23?/m0/s1. The predicted octanol–water partition coefficient (Wildman–Crippen LogP) is 4.30. The molecule has 5 rings (SSSR count). The molecule has 4 heterocycles. The lowest BCUT2D eigenvalue weighted by molar-refractivity contribution is -0.0200. The molecule has 1 unspecified atom stereocenters. The molecule has 2 atom stereocenters. The minimum atomic E-state index is -0.571. The number of hydrogen-bond acceptors (Lipinski definition) is 7. The van der Waals surface area contributed by atoms with Crippen molar-refractivity contribution in [1.29, 1.82) is 0 Å². The molecule has 0 aliphatic carbocycles. The van der Waals surface area contributed by atoms with Gasteiger partial charge in [0.2, 0.25) is 6.23 Å². The van der Waals surface area contributed by atoms with Crippen LogP contribution in [0.1, 0.15) is 13.3 Å². The first-order valence-electron chi connectivity index (χ1n) is 11.0. The second-order valence-corrected chi connectivity index (χ2v) is 8.29. The summed E-state index contributed by atoms with van der Waals surface area (Å²) in [6, 6.07) is 4.31. The predicted molar refractivity (Wildman–Crippen MR) is 129 cm³/mol. The number of carbonyl (C=O) groups excluding carboxylic acids is 1. The number of rotatable bonds is 5. The van der Waals surface area contributed by atoms with E-state index >= 15 is 0 Å². The third kappa shape index (κ3) is 3.85. The van der Waals surface area contributed by atoms with Crippen LogP contribution >= 0.6 is 0 Å². The largest absolute Gasteiger partial charge is 0.508 e. The maximum atomic E-state index is 13.4. The Kier molecular flexibility index (Phi) is 5.45. The van der Waals surface area contributed by atoms with E-state index in [2.05, 4.69) is 33.5 Å². The van der Waals surface area contributed by atoms with Gasteiger partial charge < -0.3 is 19.2 Å². The molecule has 3 aliphatic heterocycles. The number of benzene rings is 1. The number of piperazine rings is 1. The van der Waals surface area contributed by atoms with Gasteiger partial charge in [-0.25, -0.2) is 4.79 Å². The number of oxazole rings is 1. The number of aromatic hydroxyl groups is 1. The zero-order chi connectivity index (χ0) is 23.8. The van der Waals surface area contributed by atoms with Gasteiger partial charge in [0, 0.05) is 19.2 Å². The maximum Gasteiger partial charge on any atom is 0.328 e. The number of aromatic nitrogens is 1. The molecule has 9 nitrogen and oxygen atoms in total. The van der Waals surface area contributed by atoms with Gasteiger partial charge in [-0.2, -0.15) is 4.98 Å². The molecule has 3 aliphatic rings. The third-order valence-corrected chi connectivity index (χ3v) is 6.18. The number of urea groups is 1. The fourth-order valence-electron chi connectivity index (χ4n) is 4.42. The average molecular weight is 460 g/mol. The van der Waals surface area contributed by atoms with E-state index in [9.17, 15) is 9.90 Å². The molecule has 1 aromatic carbocycles. The smallest absolute Gasteiger partial charge is 0.328 e. The summed E-state index contributed by atoms with van der Waals surface area (Å²) in [6.45, 7) is 10.8.